The minimum absolute atomic E-state index is 0.0476. The molecule has 0 bridgehead atoms. The van der Waals surface area contributed by atoms with Crippen LogP contribution in [0.5, 0.6) is 0 Å². The summed E-state index contributed by atoms with van der Waals surface area (Å²) in [5.41, 5.74) is 0.310. The van der Waals surface area contributed by atoms with E-state index in [9.17, 15) is 9.59 Å². The number of furan rings is 1. The molecule has 1 aliphatic rings. The molecule has 0 spiro atoms. The molecular formula is C25H31N3O4. The molecule has 1 fully saturated rings. The van der Waals surface area contributed by atoms with Gasteiger partial charge in [-0.05, 0) is 62.1 Å². The molecule has 1 amide bonds. The number of hydrogen-bond acceptors (Lipinski definition) is 6. The second-order valence-electron chi connectivity index (χ2n) is 8.54. The van der Waals surface area contributed by atoms with E-state index in [1.807, 2.05) is 6.92 Å². The van der Waals surface area contributed by atoms with Crippen LogP contribution in [0.15, 0.2) is 40.8 Å². The number of nitriles is 1. The molecule has 2 N–H and O–H groups in total. The smallest absolute Gasteiger partial charge is 0.287 e. The first-order valence-corrected chi connectivity index (χ1v) is 11.1. The number of nitrogens with one attached hydrogen (secondary N) is 2. The summed E-state index contributed by atoms with van der Waals surface area (Å²) >= 11 is 0. The summed E-state index contributed by atoms with van der Waals surface area (Å²) in [5.74, 6) is 0.328. The Morgan fingerprint density at radius 2 is 1.97 bits per heavy atom. The normalized spacial score (nSPS) is 17.2. The Labute approximate surface area is 189 Å². The SMILES string of the molecule is COCC(C)NCC(C=O)(NC(=O)c1ccc(-c2ccc(C#N)cc2)o1)C1CCCCC1. The van der Waals surface area contributed by atoms with E-state index < -0.39 is 11.4 Å². The van der Waals surface area contributed by atoms with Crippen LogP contribution in [0.1, 0.15) is 55.1 Å². The highest BCUT2D eigenvalue weighted by molar-refractivity contribution is 5.94. The summed E-state index contributed by atoms with van der Waals surface area (Å²) in [6, 6.07) is 12.4. The largest absolute Gasteiger partial charge is 0.451 e. The zero-order chi connectivity index (χ0) is 23.0. The molecule has 1 aliphatic carbocycles. The third-order valence-corrected chi connectivity index (χ3v) is 6.18. The lowest BCUT2D eigenvalue weighted by atomic mass is 9.75. The zero-order valence-corrected chi connectivity index (χ0v) is 18.7. The Balaban J connectivity index is 1.78. The van der Waals surface area contributed by atoms with Gasteiger partial charge in [0.15, 0.2) is 5.76 Å². The monoisotopic (exact) mass is 437 g/mol. The topological polar surface area (TPSA) is 104 Å². The molecular weight excluding hydrogens is 406 g/mol. The molecule has 32 heavy (non-hydrogen) atoms. The Kier molecular flexibility index (Phi) is 8.20. The second kappa shape index (κ2) is 11.1. The van der Waals surface area contributed by atoms with Gasteiger partial charge in [-0.25, -0.2) is 0 Å². The van der Waals surface area contributed by atoms with Crippen LogP contribution >= 0.6 is 0 Å². The first kappa shape index (κ1) is 23.7. The number of amides is 1. The van der Waals surface area contributed by atoms with Gasteiger partial charge in [0.1, 0.15) is 17.6 Å². The van der Waals surface area contributed by atoms with Gasteiger partial charge in [-0.15, -0.1) is 0 Å². The summed E-state index contributed by atoms with van der Waals surface area (Å²) in [5, 5.41) is 15.3. The Bertz CT molecular complexity index is 941. The molecule has 2 atom stereocenters. The van der Waals surface area contributed by atoms with Crippen molar-refractivity contribution in [2.45, 2.75) is 50.6 Å². The maximum Gasteiger partial charge on any atom is 0.287 e. The fraction of sp³-hybridized carbons (Fsp3) is 0.480. The second-order valence-corrected chi connectivity index (χ2v) is 8.54. The van der Waals surface area contributed by atoms with Gasteiger partial charge < -0.3 is 24.6 Å². The molecule has 0 radical (unpaired) electrons. The fourth-order valence-electron chi connectivity index (χ4n) is 4.32. The van der Waals surface area contributed by atoms with Gasteiger partial charge in [0.25, 0.3) is 5.91 Å². The molecule has 7 heteroatoms. The lowest BCUT2D eigenvalue weighted by Crippen LogP contribution is -2.62. The summed E-state index contributed by atoms with van der Waals surface area (Å²) in [4.78, 5) is 25.5. The number of aldehydes is 1. The number of nitrogens with zero attached hydrogens (tertiary/aromatic N) is 1. The van der Waals surface area contributed by atoms with Crippen molar-refractivity contribution >= 4 is 12.2 Å². The first-order valence-electron chi connectivity index (χ1n) is 11.1. The lowest BCUT2D eigenvalue weighted by molar-refractivity contribution is -0.115. The summed E-state index contributed by atoms with van der Waals surface area (Å²) in [6.45, 7) is 2.83. The Hall–Kier alpha value is -2.95. The quantitative estimate of drug-likeness (QED) is 0.550. The molecule has 1 aromatic carbocycles. The van der Waals surface area contributed by atoms with Gasteiger partial charge in [-0.3, -0.25) is 4.79 Å². The van der Waals surface area contributed by atoms with Gasteiger partial charge in [-0.2, -0.15) is 5.26 Å². The maximum atomic E-state index is 13.1. The van der Waals surface area contributed by atoms with E-state index in [-0.39, 0.29) is 17.7 Å². The van der Waals surface area contributed by atoms with Crippen LogP contribution in [-0.4, -0.2) is 44.0 Å². The van der Waals surface area contributed by atoms with Crippen molar-refractivity contribution in [3.8, 4) is 17.4 Å². The molecule has 0 aliphatic heterocycles. The van der Waals surface area contributed by atoms with Crippen molar-refractivity contribution in [1.82, 2.24) is 10.6 Å². The van der Waals surface area contributed by atoms with Gasteiger partial charge in [0.2, 0.25) is 0 Å². The minimum atomic E-state index is -1.01. The lowest BCUT2D eigenvalue weighted by Gasteiger charge is -2.39. The van der Waals surface area contributed by atoms with Crippen molar-refractivity contribution in [2.24, 2.45) is 5.92 Å². The third-order valence-electron chi connectivity index (χ3n) is 6.18. The summed E-state index contributed by atoms with van der Waals surface area (Å²) in [7, 11) is 1.64. The minimum Gasteiger partial charge on any atom is -0.451 e. The molecule has 7 nitrogen and oxygen atoms in total. The van der Waals surface area contributed by atoms with Crippen LogP contribution in [-0.2, 0) is 9.53 Å². The number of benzene rings is 1. The van der Waals surface area contributed by atoms with Crippen LogP contribution in [0.4, 0.5) is 0 Å². The van der Waals surface area contributed by atoms with Crippen molar-refractivity contribution in [2.75, 3.05) is 20.3 Å². The molecule has 2 aromatic rings. The van der Waals surface area contributed by atoms with Gasteiger partial charge in [0, 0.05) is 25.3 Å². The molecule has 0 saturated heterocycles. The highest BCUT2D eigenvalue weighted by Gasteiger charge is 2.41. The number of carbonyl (C=O) groups is 2. The van der Waals surface area contributed by atoms with E-state index in [1.54, 1.807) is 43.5 Å². The van der Waals surface area contributed by atoms with Crippen LogP contribution in [0.2, 0.25) is 0 Å². The van der Waals surface area contributed by atoms with E-state index in [1.165, 1.54) is 0 Å². The summed E-state index contributed by atoms with van der Waals surface area (Å²) < 4.78 is 11.0. The van der Waals surface area contributed by atoms with E-state index in [2.05, 4.69) is 16.7 Å². The highest BCUT2D eigenvalue weighted by Crippen LogP contribution is 2.32. The van der Waals surface area contributed by atoms with E-state index >= 15 is 0 Å². The third kappa shape index (κ3) is 5.64. The molecule has 1 saturated carbocycles. The predicted molar refractivity (Wildman–Crippen MR) is 121 cm³/mol. The standard InChI is InChI=1S/C25H31N3O4/c1-18(15-31-2)27-16-25(17-29,21-6-4-3-5-7-21)28-24(30)23-13-12-22(32-23)20-10-8-19(14-26)9-11-20/h8-13,17-18,21,27H,3-7,15-16H2,1-2H3,(H,28,30). The average Bonchev–Trinajstić information content (AvgIpc) is 3.33. The predicted octanol–water partition coefficient (Wildman–Crippen LogP) is 3.69. The van der Waals surface area contributed by atoms with Gasteiger partial charge in [0.05, 0.1) is 18.2 Å². The first-order chi connectivity index (χ1) is 15.5. The Morgan fingerprint density at radius 1 is 1.25 bits per heavy atom. The fourth-order valence-corrected chi connectivity index (χ4v) is 4.32. The number of hydrogen-bond donors (Lipinski definition) is 2. The molecule has 1 heterocycles. The zero-order valence-electron chi connectivity index (χ0n) is 18.7. The van der Waals surface area contributed by atoms with Crippen LogP contribution in [0.25, 0.3) is 11.3 Å². The highest BCUT2D eigenvalue weighted by atomic mass is 16.5. The Morgan fingerprint density at radius 3 is 2.59 bits per heavy atom. The maximum absolute atomic E-state index is 13.1. The molecule has 2 unspecified atom stereocenters. The van der Waals surface area contributed by atoms with Crippen molar-refractivity contribution < 1.29 is 18.7 Å². The van der Waals surface area contributed by atoms with Crippen LogP contribution < -0.4 is 10.6 Å². The number of carbonyl (C=O) groups excluding carboxylic acids is 2. The average molecular weight is 438 g/mol. The van der Waals surface area contributed by atoms with Crippen molar-refractivity contribution in [3.63, 3.8) is 0 Å². The number of methoxy groups -OCH3 is 1. The van der Waals surface area contributed by atoms with Crippen molar-refractivity contribution in [1.29, 1.82) is 5.26 Å². The molecule has 3 rings (SSSR count). The van der Waals surface area contributed by atoms with Gasteiger partial charge >= 0.3 is 0 Å². The van der Waals surface area contributed by atoms with E-state index in [0.29, 0.717) is 24.5 Å². The molecule has 1 aromatic heterocycles. The number of rotatable bonds is 10. The number of ether oxygens (including phenoxy) is 1. The van der Waals surface area contributed by atoms with Crippen LogP contribution in [0.3, 0.4) is 0 Å². The molecule has 170 valence electrons. The summed E-state index contributed by atoms with van der Waals surface area (Å²) in [6.07, 6.45) is 5.93. The van der Waals surface area contributed by atoms with E-state index in [4.69, 9.17) is 14.4 Å². The van der Waals surface area contributed by atoms with Crippen molar-refractivity contribution in [3.05, 3.63) is 47.7 Å². The van der Waals surface area contributed by atoms with Gasteiger partial charge in [-0.1, -0.05) is 19.3 Å². The van der Waals surface area contributed by atoms with E-state index in [0.717, 1.165) is 44.0 Å². The van der Waals surface area contributed by atoms with Crippen LogP contribution in [0, 0.1) is 17.2 Å².